The molecular formula is C19H23N5O2. The number of imidazole rings is 1. The second kappa shape index (κ2) is 7.11. The third kappa shape index (κ3) is 3.37. The van der Waals surface area contributed by atoms with Crippen LogP contribution in [0.4, 0.5) is 0 Å². The van der Waals surface area contributed by atoms with E-state index in [0.29, 0.717) is 36.0 Å². The highest BCUT2D eigenvalue weighted by Crippen LogP contribution is 2.34. The smallest absolute Gasteiger partial charge is 0.160 e. The van der Waals surface area contributed by atoms with Gasteiger partial charge in [-0.05, 0) is 45.4 Å². The van der Waals surface area contributed by atoms with Crippen LogP contribution in [0.25, 0.3) is 11.4 Å². The van der Waals surface area contributed by atoms with Gasteiger partial charge in [0.1, 0.15) is 30.2 Å². The van der Waals surface area contributed by atoms with Gasteiger partial charge >= 0.3 is 0 Å². The fraction of sp³-hybridized carbons (Fsp3) is 0.368. The minimum atomic E-state index is 0.0173. The second-order valence-corrected chi connectivity index (χ2v) is 6.62. The maximum absolute atomic E-state index is 11.8. The van der Waals surface area contributed by atoms with Crippen molar-refractivity contribution in [3.8, 4) is 17.1 Å². The Balaban J connectivity index is 2.12. The molecule has 0 saturated carbocycles. The number of carbonyl (C=O) groups excluding carboxylic acids is 1. The lowest BCUT2D eigenvalue weighted by Crippen LogP contribution is -2.31. The number of nitrogens with zero attached hydrogens (tertiary/aromatic N) is 3. The monoisotopic (exact) mass is 353 g/mol. The molecule has 136 valence electrons. The Morgan fingerprint density at radius 2 is 2.23 bits per heavy atom. The number of carbonyl (C=O) groups is 1. The van der Waals surface area contributed by atoms with Crippen molar-refractivity contribution in [3.63, 3.8) is 0 Å². The molecular weight excluding hydrogens is 330 g/mol. The van der Waals surface area contributed by atoms with Crippen molar-refractivity contribution in [1.82, 2.24) is 14.9 Å². The minimum Gasteiger partial charge on any atom is -0.491 e. The molecule has 0 amide bonds. The van der Waals surface area contributed by atoms with Crippen molar-refractivity contribution in [2.45, 2.75) is 40.3 Å². The number of ether oxygens (including phenoxy) is 1. The van der Waals surface area contributed by atoms with Crippen LogP contribution in [0.2, 0.25) is 0 Å². The number of nitrogens with one attached hydrogen (secondary N) is 2. The van der Waals surface area contributed by atoms with Gasteiger partial charge in [-0.25, -0.2) is 9.98 Å². The van der Waals surface area contributed by atoms with Gasteiger partial charge in [-0.15, -0.1) is 0 Å². The molecule has 0 unspecified atom stereocenters. The summed E-state index contributed by atoms with van der Waals surface area (Å²) in [6.07, 6.45) is 2.93. The second-order valence-electron chi connectivity index (χ2n) is 6.62. The van der Waals surface area contributed by atoms with Crippen molar-refractivity contribution < 1.29 is 9.53 Å². The lowest BCUT2D eigenvalue weighted by Gasteiger charge is -2.11. The first kappa shape index (κ1) is 17.8. The van der Waals surface area contributed by atoms with E-state index in [0.717, 1.165) is 23.3 Å². The standard InChI is InChI=1S/C19H23N5O2/c1-11(2)22-18(21-10-20)16-9-24-5-6-26-17-8-14(13(4)25)12(3)7-15(17)19(24)23-16/h7-11H,5-6H2,1-4H3,(H2,20,21,22). The zero-order valence-corrected chi connectivity index (χ0v) is 15.5. The summed E-state index contributed by atoms with van der Waals surface area (Å²) in [6, 6.07) is 3.92. The average molecular weight is 353 g/mol. The minimum absolute atomic E-state index is 0.0173. The summed E-state index contributed by atoms with van der Waals surface area (Å²) in [7, 11) is 0. The first-order valence-electron chi connectivity index (χ1n) is 8.60. The number of rotatable bonds is 4. The van der Waals surface area contributed by atoms with Gasteiger partial charge in [-0.2, -0.15) is 0 Å². The fourth-order valence-corrected chi connectivity index (χ4v) is 3.05. The summed E-state index contributed by atoms with van der Waals surface area (Å²) in [5.74, 6) is 2.02. The summed E-state index contributed by atoms with van der Waals surface area (Å²) >= 11 is 0. The van der Waals surface area contributed by atoms with Crippen LogP contribution in [0.5, 0.6) is 5.75 Å². The summed E-state index contributed by atoms with van der Waals surface area (Å²) in [5.41, 5.74) is 3.09. The molecule has 1 aromatic carbocycles. The van der Waals surface area contributed by atoms with E-state index in [9.17, 15) is 4.79 Å². The van der Waals surface area contributed by atoms with Gasteiger partial charge in [0.15, 0.2) is 11.6 Å². The lowest BCUT2D eigenvalue weighted by molar-refractivity contribution is 0.101. The maximum Gasteiger partial charge on any atom is 0.160 e. The Kier molecular flexibility index (Phi) is 4.88. The molecule has 0 spiro atoms. The van der Waals surface area contributed by atoms with Gasteiger partial charge in [0.25, 0.3) is 0 Å². The average Bonchev–Trinajstić information content (AvgIpc) is 2.91. The predicted molar refractivity (Wildman–Crippen MR) is 101 cm³/mol. The Bertz CT molecular complexity index is 896. The molecule has 0 radical (unpaired) electrons. The van der Waals surface area contributed by atoms with Crippen molar-refractivity contribution in [1.29, 1.82) is 5.41 Å². The summed E-state index contributed by atoms with van der Waals surface area (Å²) in [4.78, 5) is 20.7. The van der Waals surface area contributed by atoms with Crippen LogP contribution in [0, 0.1) is 12.3 Å². The van der Waals surface area contributed by atoms with Crippen LogP contribution in [-0.4, -0.2) is 40.2 Å². The van der Waals surface area contributed by atoms with Gasteiger partial charge in [0, 0.05) is 17.8 Å². The molecule has 0 aliphatic carbocycles. The third-order valence-electron chi connectivity index (χ3n) is 4.17. The van der Waals surface area contributed by atoms with E-state index in [2.05, 4.69) is 10.3 Å². The van der Waals surface area contributed by atoms with Crippen molar-refractivity contribution in [2.75, 3.05) is 6.61 Å². The molecule has 0 bridgehead atoms. The van der Waals surface area contributed by atoms with Crippen molar-refractivity contribution in [3.05, 3.63) is 35.2 Å². The molecule has 7 nitrogen and oxygen atoms in total. The number of ketones is 1. The Morgan fingerprint density at radius 1 is 1.46 bits per heavy atom. The first-order valence-corrected chi connectivity index (χ1v) is 8.60. The van der Waals surface area contributed by atoms with Crippen molar-refractivity contribution in [2.24, 2.45) is 4.99 Å². The quantitative estimate of drug-likeness (QED) is 0.502. The summed E-state index contributed by atoms with van der Waals surface area (Å²) < 4.78 is 7.88. The number of aromatic nitrogens is 2. The van der Waals surface area contributed by atoms with Gasteiger partial charge in [0.05, 0.1) is 12.1 Å². The fourth-order valence-electron chi connectivity index (χ4n) is 3.05. The molecule has 3 rings (SSSR count). The Hall–Kier alpha value is -2.96. The highest BCUT2D eigenvalue weighted by atomic mass is 16.5. The molecule has 0 atom stereocenters. The van der Waals surface area contributed by atoms with Gasteiger partial charge in [0.2, 0.25) is 0 Å². The molecule has 2 heterocycles. The molecule has 2 N–H and O–H groups in total. The summed E-state index contributed by atoms with van der Waals surface area (Å²) in [5, 5.41) is 10.5. The predicted octanol–water partition coefficient (Wildman–Crippen LogP) is 2.81. The van der Waals surface area contributed by atoms with Gasteiger partial charge < -0.3 is 14.6 Å². The van der Waals surface area contributed by atoms with Crippen LogP contribution in [0.15, 0.2) is 23.3 Å². The number of hydrogen-bond acceptors (Lipinski definition) is 4. The van der Waals surface area contributed by atoms with E-state index >= 15 is 0 Å². The molecule has 0 saturated heterocycles. The van der Waals surface area contributed by atoms with E-state index in [4.69, 9.17) is 15.1 Å². The highest BCUT2D eigenvalue weighted by Gasteiger charge is 2.22. The van der Waals surface area contributed by atoms with Crippen LogP contribution in [0.1, 0.15) is 42.4 Å². The third-order valence-corrected chi connectivity index (χ3v) is 4.17. The van der Waals surface area contributed by atoms with E-state index in [1.54, 1.807) is 13.0 Å². The van der Waals surface area contributed by atoms with Gasteiger partial charge in [-0.1, -0.05) is 0 Å². The molecule has 2 aromatic rings. The number of benzene rings is 1. The lowest BCUT2D eigenvalue weighted by atomic mass is 10.0. The largest absolute Gasteiger partial charge is 0.491 e. The molecule has 7 heteroatoms. The molecule has 26 heavy (non-hydrogen) atoms. The zero-order valence-electron chi connectivity index (χ0n) is 15.5. The topological polar surface area (TPSA) is 92.4 Å². The van der Waals surface area contributed by atoms with E-state index in [1.165, 1.54) is 0 Å². The molecule has 1 aromatic heterocycles. The summed E-state index contributed by atoms with van der Waals surface area (Å²) in [6.45, 7) is 8.63. The van der Waals surface area contributed by atoms with E-state index in [-0.39, 0.29) is 11.8 Å². The molecule has 1 aliphatic heterocycles. The van der Waals surface area contributed by atoms with E-state index in [1.807, 2.05) is 37.6 Å². The molecule has 1 aliphatic rings. The normalized spacial score (nSPS) is 13.5. The maximum atomic E-state index is 11.8. The van der Waals surface area contributed by atoms with Gasteiger partial charge in [-0.3, -0.25) is 10.2 Å². The van der Waals surface area contributed by atoms with Crippen LogP contribution < -0.4 is 10.1 Å². The SMILES string of the molecule is CC(=O)c1cc2c(cc1C)-c1nc(/C(=N/C=N)NC(C)C)cn1CCO2. The number of aryl methyl sites for hydroxylation is 1. The number of Topliss-reactive ketones (excluding diaryl/α,β-unsaturated/α-hetero) is 1. The zero-order chi connectivity index (χ0) is 18.8. The molecule has 0 fully saturated rings. The number of fused-ring (bicyclic) bond motifs is 3. The van der Waals surface area contributed by atoms with Crippen LogP contribution >= 0.6 is 0 Å². The van der Waals surface area contributed by atoms with Crippen molar-refractivity contribution >= 4 is 18.0 Å². The number of amidine groups is 1. The van der Waals surface area contributed by atoms with E-state index < -0.39 is 0 Å². The van der Waals surface area contributed by atoms with Crippen LogP contribution in [-0.2, 0) is 6.54 Å². The Morgan fingerprint density at radius 3 is 2.88 bits per heavy atom. The highest BCUT2D eigenvalue weighted by molar-refractivity contribution is 6.01. The number of hydrogen-bond donors (Lipinski definition) is 2. The Labute approximate surface area is 152 Å². The first-order chi connectivity index (χ1) is 12.4. The number of aliphatic imine (C=N–C) groups is 1. The van der Waals surface area contributed by atoms with Crippen LogP contribution in [0.3, 0.4) is 0 Å².